The van der Waals surface area contributed by atoms with Crippen LogP contribution in [-0.2, 0) is 22.7 Å². The molecule has 4 nitrogen and oxygen atoms in total. The molecule has 0 bridgehead atoms. The smallest absolute Gasteiger partial charge is 0.150 e. The summed E-state index contributed by atoms with van der Waals surface area (Å²) in [6, 6.07) is 14.9. The Hall–Kier alpha value is -2.01. The molecule has 0 unspecified atom stereocenters. The molecule has 2 rings (SSSR count). The first-order valence-electron chi connectivity index (χ1n) is 11.7. The van der Waals surface area contributed by atoms with Crippen molar-refractivity contribution in [2.75, 3.05) is 11.5 Å². The van der Waals surface area contributed by atoms with E-state index in [1.807, 2.05) is 36.4 Å². The third-order valence-corrected chi connectivity index (χ3v) is 7.61. The molecule has 2 N–H and O–H groups in total. The van der Waals surface area contributed by atoms with Crippen molar-refractivity contribution in [1.82, 2.24) is 0 Å². The fourth-order valence-electron chi connectivity index (χ4n) is 3.88. The topological polar surface area (TPSA) is 74.6 Å². The predicted octanol–water partition coefficient (Wildman–Crippen LogP) is 6.20. The van der Waals surface area contributed by atoms with E-state index < -0.39 is 9.84 Å². The first kappa shape index (κ1) is 25.3. The summed E-state index contributed by atoms with van der Waals surface area (Å²) in [5.41, 5.74) is 1.98. The monoisotopic (exact) mass is 446 g/mol. The Morgan fingerprint density at radius 2 is 0.871 bits per heavy atom. The average molecular weight is 447 g/mol. The van der Waals surface area contributed by atoms with Gasteiger partial charge in [-0.1, -0.05) is 74.9 Å². The molecule has 0 fully saturated rings. The van der Waals surface area contributed by atoms with Crippen LogP contribution in [0.15, 0.2) is 48.5 Å². The Morgan fingerprint density at radius 3 is 1.29 bits per heavy atom. The van der Waals surface area contributed by atoms with Crippen molar-refractivity contribution in [2.24, 2.45) is 0 Å². The number of phenols is 2. The minimum absolute atomic E-state index is 0.305. The maximum absolute atomic E-state index is 12.2. The highest BCUT2D eigenvalue weighted by Gasteiger charge is 2.10. The van der Waals surface area contributed by atoms with Crippen LogP contribution in [0, 0.1) is 0 Å². The second-order valence-corrected chi connectivity index (χ2v) is 10.7. The van der Waals surface area contributed by atoms with E-state index >= 15 is 0 Å². The number of aromatic hydroxyl groups is 2. The van der Waals surface area contributed by atoms with Gasteiger partial charge in [-0.05, 0) is 61.8 Å². The lowest BCUT2D eigenvalue weighted by molar-refractivity contribution is 0.465. The van der Waals surface area contributed by atoms with Gasteiger partial charge in [0.2, 0.25) is 0 Å². The number of phenolic OH excluding ortho intramolecular Hbond substituents is 2. The standard InChI is InChI=1S/C26H38O4S/c27-25-19-11-9-17-23(25)15-7-3-1-5-13-21-31(29,30)22-14-6-2-4-8-16-24-18-10-12-20-26(24)28/h9-12,17-20,27-28H,1-8,13-16,21-22H2. The summed E-state index contributed by atoms with van der Waals surface area (Å²) >= 11 is 0. The molecule has 0 atom stereocenters. The zero-order valence-electron chi connectivity index (χ0n) is 18.6. The molecule has 0 spiro atoms. The van der Waals surface area contributed by atoms with Crippen LogP contribution in [0.5, 0.6) is 11.5 Å². The minimum Gasteiger partial charge on any atom is -0.508 e. The Kier molecular flexibility index (Phi) is 11.5. The summed E-state index contributed by atoms with van der Waals surface area (Å²) in [4.78, 5) is 0. The van der Waals surface area contributed by atoms with Gasteiger partial charge in [-0.15, -0.1) is 0 Å². The number of para-hydroxylation sites is 2. The predicted molar refractivity (Wildman–Crippen MR) is 128 cm³/mol. The van der Waals surface area contributed by atoms with Crippen molar-refractivity contribution >= 4 is 9.84 Å². The molecule has 2 aromatic carbocycles. The molecule has 0 amide bonds. The van der Waals surface area contributed by atoms with E-state index in [-0.39, 0.29) is 0 Å². The minimum atomic E-state index is -2.93. The molecule has 0 aliphatic rings. The zero-order valence-corrected chi connectivity index (χ0v) is 19.5. The van der Waals surface area contributed by atoms with E-state index in [2.05, 4.69) is 0 Å². The largest absolute Gasteiger partial charge is 0.508 e. The summed E-state index contributed by atoms with van der Waals surface area (Å²) in [7, 11) is -2.93. The van der Waals surface area contributed by atoms with E-state index in [0.717, 1.165) is 88.2 Å². The number of aryl methyl sites for hydroxylation is 2. The lowest BCUT2D eigenvalue weighted by Crippen LogP contribution is -2.11. The Balaban J connectivity index is 1.44. The number of benzene rings is 2. The molecule has 31 heavy (non-hydrogen) atoms. The molecule has 0 saturated heterocycles. The second kappa shape index (κ2) is 14.1. The SMILES string of the molecule is O=S(=O)(CCCCCCCc1ccccc1O)CCCCCCCc1ccccc1O. The number of rotatable bonds is 16. The summed E-state index contributed by atoms with van der Waals surface area (Å²) in [5.74, 6) is 1.34. The van der Waals surface area contributed by atoms with Crippen molar-refractivity contribution in [1.29, 1.82) is 0 Å². The van der Waals surface area contributed by atoms with Crippen LogP contribution < -0.4 is 0 Å². The van der Waals surface area contributed by atoms with Gasteiger partial charge in [-0.3, -0.25) is 0 Å². The van der Waals surface area contributed by atoms with Gasteiger partial charge in [0.1, 0.15) is 21.3 Å². The van der Waals surface area contributed by atoms with Crippen molar-refractivity contribution in [3.05, 3.63) is 59.7 Å². The number of sulfone groups is 1. The molecule has 2 aromatic rings. The van der Waals surface area contributed by atoms with Crippen molar-refractivity contribution in [3.8, 4) is 11.5 Å². The third-order valence-electron chi connectivity index (χ3n) is 5.79. The molecule has 0 aliphatic heterocycles. The number of unbranched alkanes of at least 4 members (excludes halogenated alkanes) is 8. The van der Waals surface area contributed by atoms with E-state index in [4.69, 9.17) is 0 Å². The molecule has 0 aromatic heterocycles. The molecule has 0 saturated carbocycles. The third kappa shape index (κ3) is 10.7. The lowest BCUT2D eigenvalue weighted by atomic mass is 10.0. The van der Waals surface area contributed by atoms with Crippen LogP contribution in [0.3, 0.4) is 0 Å². The molecular weight excluding hydrogens is 408 g/mol. The molecule has 0 radical (unpaired) electrons. The summed E-state index contributed by atoms with van der Waals surface area (Å²) in [5, 5.41) is 19.5. The van der Waals surface area contributed by atoms with Gasteiger partial charge in [0.25, 0.3) is 0 Å². The van der Waals surface area contributed by atoms with E-state index in [0.29, 0.717) is 23.0 Å². The summed E-state index contributed by atoms with van der Waals surface area (Å²) < 4.78 is 24.4. The summed E-state index contributed by atoms with van der Waals surface area (Å²) in [6.45, 7) is 0. The number of hydrogen-bond donors (Lipinski definition) is 2. The fourth-order valence-corrected chi connectivity index (χ4v) is 5.37. The maximum Gasteiger partial charge on any atom is 0.150 e. The van der Waals surface area contributed by atoms with Gasteiger partial charge < -0.3 is 10.2 Å². The van der Waals surface area contributed by atoms with Crippen molar-refractivity contribution < 1.29 is 18.6 Å². The highest BCUT2D eigenvalue weighted by atomic mass is 32.2. The van der Waals surface area contributed by atoms with Crippen LogP contribution in [0.4, 0.5) is 0 Å². The van der Waals surface area contributed by atoms with Gasteiger partial charge in [0, 0.05) is 0 Å². The maximum atomic E-state index is 12.2. The van der Waals surface area contributed by atoms with Crippen LogP contribution in [-0.4, -0.2) is 30.1 Å². The first-order valence-corrected chi connectivity index (χ1v) is 13.5. The second-order valence-electron chi connectivity index (χ2n) is 8.44. The van der Waals surface area contributed by atoms with Crippen LogP contribution in [0.25, 0.3) is 0 Å². The van der Waals surface area contributed by atoms with Gasteiger partial charge >= 0.3 is 0 Å². The quantitative estimate of drug-likeness (QED) is 0.301. The van der Waals surface area contributed by atoms with Crippen molar-refractivity contribution in [2.45, 2.75) is 77.0 Å². The van der Waals surface area contributed by atoms with Crippen LogP contribution in [0.1, 0.15) is 75.3 Å². The lowest BCUT2D eigenvalue weighted by Gasteiger charge is -2.06. The Morgan fingerprint density at radius 1 is 0.516 bits per heavy atom. The van der Waals surface area contributed by atoms with Gasteiger partial charge in [-0.2, -0.15) is 0 Å². The first-order chi connectivity index (χ1) is 15.0. The van der Waals surface area contributed by atoms with E-state index in [1.54, 1.807) is 12.1 Å². The summed E-state index contributed by atoms with van der Waals surface area (Å²) in [6.07, 6.45) is 11.4. The average Bonchev–Trinajstić information content (AvgIpc) is 2.74. The van der Waals surface area contributed by atoms with E-state index in [1.165, 1.54) is 0 Å². The highest BCUT2D eigenvalue weighted by molar-refractivity contribution is 7.91. The number of hydrogen-bond acceptors (Lipinski definition) is 4. The van der Waals surface area contributed by atoms with Crippen molar-refractivity contribution in [3.63, 3.8) is 0 Å². The van der Waals surface area contributed by atoms with Crippen LogP contribution in [0.2, 0.25) is 0 Å². The van der Waals surface area contributed by atoms with Gasteiger partial charge in [0.15, 0.2) is 0 Å². The van der Waals surface area contributed by atoms with Crippen LogP contribution >= 0.6 is 0 Å². The normalized spacial score (nSPS) is 11.6. The molecule has 0 heterocycles. The molecular formula is C26H38O4S. The van der Waals surface area contributed by atoms with Gasteiger partial charge in [0.05, 0.1) is 11.5 Å². The molecule has 0 aliphatic carbocycles. The Labute approximate surface area is 188 Å². The fraction of sp³-hybridized carbons (Fsp3) is 0.538. The zero-order chi connectivity index (χ0) is 22.4. The van der Waals surface area contributed by atoms with E-state index in [9.17, 15) is 18.6 Å². The molecule has 5 heteroatoms. The van der Waals surface area contributed by atoms with Gasteiger partial charge in [-0.25, -0.2) is 8.42 Å². The Bertz CT molecular complexity index is 796. The highest BCUT2D eigenvalue weighted by Crippen LogP contribution is 2.20. The molecule has 172 valence electrons.